The molecule has 0 aliphatic rings. The number of hydrogen-bond donors (Lipinski definition) is 1. The number of rotatable bonds is 7. The van der Waals surface area contributed by atoms with E-state index in [1.807, 2.05) is 0 Å². The zero-order valence-electron chi connectivity index (χ0n) is 10.2. The Morgan fingerprint density at radius 3 is 2.88 bits per heavy atom. The van der Waals surface area contributed by atoms with Gasteiger partial charge in [0.1, 0.15) is 16.8 Å². The fraction of sp³-hybridized carbons (Fsp3) is 0.636. The van der Waals surface area contributed by atoms with Crippen LogP contribution in [0.2, 0.25) is 5.15 Å². The third-order valence-corrected chi connectivity index (χ3v) is 3.19. The fourth-order valence-corrected chi connectivity index (χ4v) is 2.13. The lowest BCUT2D eigenvalue weighted by Gasteiger charge is -2.07. The number of hydrogen-bond acceptors (Lipinski definition) is 4. The van der Waals surface area contributed by atoms with E-state index >= 15 is 0 Å². The molecule has 0 amide bonds. The maximum atomic E-state index is 10.9. The first-order chi connectivity index (χ1) is 8.11. The molecule has 0 aromatic carbocycles. The van der Waals surface area contributed by atoms with Crippen molar-refractivity contribution in [3.63, 3.8) is 0 Å². The third-order valence-electron chi connectivity index (χ3n) is 2.13. The molecule has 0 radical (unpaired) electrons. The highest BCUT2D eigenvalue weighted by atomic mass is 35.5. The maximum Gasteiger partial charge on any atom is 0.134 e. The Morgan fingerprint density at radius 1 is 1.47 bits per heavy atom. The number of anilines is 1. The van der Waals surface area contributed by atoms with Crippen LogP contribution in [0, 0.1) is 0 Å². The van der Waals surface area contributed by atoms with Crippen LogP contribution in [-0.4, -0.2) is 32.7 Å². The summed E-state index contributed by atoms with van der Waals surface area (Å²) in [5, 5.41) is 3.63. The van der Waals surface area contributed by atoms with Gasteiger partial charge in [-0.15, -0.1) is 0 Å². The first kappa shape index (κ1) is 14.4. The van der Waals surface area contributed by atoms with Crippen molar-refractivity contribution in [1.82, 2.24) is 9.97 Å². The van der Waals surface area contributed by atoms with Gasteiger partial charge in [0.15, 0.2) is 0 Å². The van der Waals surface area contributed by atoms with Gasteiger partial charge >= 0.3 is 0 Å². The second kappa shape index (κ2) is 7.61. The van der Waals surface area contributed by atoms with Crippen LogP contribution in [-0.2, 0) is 17.2 Å². The largest absolute Gasteiger partial charge is 0.370 e. The van der Waals surface area contributed by atoms with Gasteiger partial charge in [-0.25, -0.2) is 9.97 Å². The van der Waals surface area contributed by atoms with Crippen LogP contribution in [0.3, 0.4) is 0 Å². The van der Waals surface area contributed by atoms with Crippen LogP contribution in [0.25, 0.3) is 0 Å². The van der Waals surface area contributed by atoms with Crippen molar-refractivity contribution in [1.29, 1.82) is 0 Å². The van der Waals surface area contributed by atoms with Gasteiger partial charge in [0.25, 0.3) is 0 Å². The molecule has 96 valence electrons. The van der Waals surface area contributed by atoms with Gasteiger partial charge in [-0.3, -0.25) is 4.21 Å². The zero-order valence-corrected chi connectivity index (χ0v) is 11.8. The molecule has 0 saturated carbocycles. The van der Waals surface area contributed by atoms with Gasteiger partial charge in [0, 0.05) is 41.8 Å². The second-order valence-corrected chi connectivity index (χ2v) is 5.74. The molecule has 0 fully saturated rings. The molecule has 1 rings (SSSR count). The summed E-state index contributed by atoms with van der Waals surface area (Å²) in [5.41, 5.74) is 0. The molecule has 4 nitrogen and oxygen atoms in total. The van der Waals surface area contributed by atoms with Crippen LogP contribution in [0.4, 0.5) is 5.82 Å². The van der Waals surface area contributed by atoms with Gasteiger partial charge in [-0.2, -0.15) is 0 Å². The first-order valence-electron chi connectivity index (χ1n) is 5.69. The van der Waals surface area contributed by atoms with Crippen molar-refractivity contribution >= 4 is 28.2 Å². The highest BCUT2D eigenvalue weighted by Gasteiger charge is 2.02. The maximum absolute atomic E-state index is 10.9. The Balaban J connectivity index is 2.49. The molecular weight excluding hydrogens is 258 g/mol. The quantitative estimate of drug-likeness (QED) is 0.613. The van der Waals surface area contributed by atoms with Gasteiger partial charge < -0.3 is 5.32 Å². The van der Waals surface area contributed by atoms with Gasteiger partial charge in [0.2, 0.25) is 0 Å². The average Bonchev–Trinajstić information content (AvgIpc) is 2.24. The van der Waals surface area contributed by atoms with E-state index in [2.05, 4.69) is 22.2 Å². The van der Waals surface area contributed by atoms with Crippen molar-refractivity contribution in [2.24, 2.45) is 0 Å². The van der Waals surface area contributed by atoms with Crippen molar-refractivity contribution in [2.45, 2.75) is 26.2 Å². The molecule has 0 spiro atoms. The molecule has 17 heavy (non-hydrogen) atoms. The Bertz CT molecular complexity index is 387. The minimum atomic E-state index is -0.734. The molecule has 1 unspecified atom stereocenters. The minimum Gasteiger partial charge on any atom is -0.370 e. The Morgan fingerprint density at radius 2 is 2.24 bits per heavy atom. The van der Waals surface area contributed by atoms with E-state index in [1.165, 1.54) is 0 Å². The normalized spacial score (nSPS) is 12.4. The second-order valence-electron chi connectivity index (χ2n) is 3.80. The third kappa shape index (κ3) is 5.98. The molecule has 0 saturated heterocycles. The summed E-state index contributed by atoms with van der Waals surface area (Å²) >= 11 is 5.91. The highest BCUT2D eigenvalue weighted by Crippen LogP contribution is 2.12. The number of nitrogens with zero attached hydrogens (tertiary/aromatic N) is 2. The summed E-state index contributed by atoms with van der Waals surface area (Å²) in [6, 6.07) is 1.71. The van der Waals surface area contributed by atoms with Crippen LogP contribution in [0.1, 0.15) is 25.6 Å². The van der Waals surface area contributed by atoms with E-state index in [0.717, 1.165) is 37.4 Å². The Hall–Kier alpha value is -0.680. The van der Waals surface area contributed by atoms with Crippen molar-refractivity contribution < 1.29 is 4.21 Å². The summed E-state index contributed by atoms with van der Waals surface area (Å²) in [7, 11) is -0.734. The Labute approximate surface area is 110 Å². The summed E-state index contributed by atoms with van der Waals surface area (Å²) in [6.07, 6.45) is 4.39. The molecule has 6 heteroatoms. The predicted octanol–water partition coefficient (Wildman–Crippen LogP) is 2.26. The van der Waals surface area contributed by atoms with Gasteiger partial charge in [-0.05, 0) is 12.8 Å². The SMILES string of the molecule is CCCc1nc(Cl)cc(NCCCS(C)=O)n1. The van der Waals surface area contributed by atoms with E-state index in [4.69, 9.17) is 11.6 Å². The molecule has 0 aliphatic heterocycles. The summed E-state index contributed by atoms with van der Waals surface area (Å²) < 4.78 is 10.9. The number of nitrogens with one attached hydrogen (secondary N) is 1. The Kier molecular flexibility index (Phi) is 6.44. The lowest BCUT2D eigenvalue weighted by Crippen LogP contribution is -2.08. The van der Waals surface area contributed by atoms with E-state index in [-0.39, 0.29) is 0 Å². The smallest absolute Gasteiger partial charge is 0.134 e. The lowest BCUT2D eigenvalue weighted by molar-refractivity contribution is 0.685. The van der Waals surface area contributed by atoms with Crippen LogP contribution >= 0.6 is 11.6 Å². The number of halogens is 1. The van der Waals surface area contributed by atoms with Crippen LogP contribution in [0.15, 0.2) is 6.07 Å². The highest BCUT2D eigenvalue weighted by molar-refractivity contribution is 7.84. The van der Waals surface area contributed by atoms with Gasteiger partial charge in [0.05, 0.1) is 0 Å². The number of aryl methyl sites for hydroxylation is 1. The van der Waals surface area contributed by atoms with Gasteiger partial charge in [-0.1, -0.05) is 18.5 Å². The average molecular weight is 276 g/mol. The molecule has 1 N–H and O–H groups in total. The molecule has 1 aromatic heterocycles. The fourth-order valence-electron chi connectivity index (χ4n) is 1.38. The molecular formula is C11H18ClN3OS. The summed E-state index contributed by atoms with van der Waals surface area (Å²) in [5.74, 6) is 2.21. The molecule has 1 atom stereocenters. The molecule has 1 aromatic rings. The van der Waals surface area contributed by atoms with Crippen LogP contribution in [0.5, 0.6) is 0 Å². The predicted molar refractivity (Wildman–Crippen MR) is 73.1 cm³/mol. The van der Waals surface area contributed by atoms with E-state index in [9.17, 15) is 4.21 Å². The van der Waals surface area contributed by atoms with Crippen molar-refractivity contribution in [3.8, 4) is 0 Å². The van der Waals surface area contributed by atoms with E-state index in [1.54, 1.807) is 12.3 Å². The summed E-state index contributed by atoms with van der Waals surface area (Å²) in [4.78, 5) is 8.50. The summed E-state index contributed by atoms with van der Waals surface area (Å²) in [6.45, 7) is 2.83. The lowest BCUT2D eigenvalue weighted by atomic mass is 10.3. The molecule has 0 aliphatic carbocycles. The first-order valence-corrected chi connectivity index (χ1v) is 7.79. The molecule has 1 heterocycles. The zero-order chi connectivity index (χ0) is 12.7. The van der Waals surface area contributed by atoms with Crippen molar-refractivity contribution in [3.05, 3.63) is 17.0 Å². The van der Waals surface area contributed by atoms with Crippen molar-refractivity contribution in [2.75, 3.05) is 23.9 Å². The standard InChI is InChI=1S/C11H18ClN3OS/c1-3-5-10-14-9(12)8-11(15-10)13-6-4-7-17(2)16/h8H,3-7H2,1-2H3,(H,13,14,15). The topological polar surface area (TPSA) is 54.9 Å². The minimum absolute atomic E-state index is 0.463. The van der Waals surface area contributed by atoms with E-state index < -0.39 is 10.8 Å². The number of aromatic nitrogens is 2. The van der Waals surface area contributed by atoms with Crippen LogP contribution < -0.4 is 5.32 Å². The van der Waals surface area contributed by atoms with E-state index in [0.29, 0.717) is 10.9 Å². The molecule has 0 bridgehead atoms. The monoisotopic (exact) mass is 275 g/mol.